The molecule has 0 radical (unpaired) electrons. The van der Waals surface area contributed by atoms with E-state index in [-0.39, 0.29) is 11.9 Å². The van der Waals surface area contributed by atoms with Crippen molar-refractivity contribution in [2.75, 3.05) is 25.5 Å². The lowest BCUT2D eigenvalue weighted by Gasteiger charge is -2.09. The molecule has 1 fully saturated rings. The first kappa shape index (κ1) is 12.8. The van der Waals surface area contributed by atoms with Crippen LogP contribution in [0.5, 0.6) is 0 Å². The van der Waals surface area contributed by atoms with Gasteiger partial charge in [-0.3, -0.25) is 4.79 Å². The number of hydrogen-bond acceptors (Lipinski definition) is 6. The van der Waals surface area contributed by atoms with Gasteiger partial charge in [-0.15, -0.1) is 5.10 Å². The largest absolute Gasteiger partial charge is 0.407 e. The van der Waals surface area contributed by atoms with E-state index < -0.39 is 0 Å². The molecule has 2 rings (SSSR count). The van der Waals surface area contributed by atoms with Gasteiger partial charge in [0.2, 0.25) is 11.8 Å². The maximum atomic E-state index is 11.7. The molecular weight excluding hydrogens is 234 g/mol. The molecule has 1 aromatic heterocycles. The summed E-state index contributed by atoms with van der Waals surface area (Å²) >= 11 is 0. The molecule has 0 saturated carbocycles. The number of carbonyl (C=O) groups is 1. The molecule has 0 aliphatic carbocycles. The van der Waals surface area contributed by atoms with E-state index in [0.717, 1.165) is 25.9 Å². The minimum atomic E-state index is -0.244. The fraction of sp³-hybridized carbons (Fsp3) is 0.727. The molecule has 1 atom stereocenters. The molecule has 1 unspecified atom stereocenters. The SMILES string of the molecule is CCCNCc1nnc(NC2CCN(C)C2=O)o1. The third-order valence-corrected chi connectivity index (χ3v) is 2.90. The summed E-state index contributed by atoms with van der Waals surface area (Å²) in [7, 11) is 1.79. The van der Waals surface area contributed by atoms with Gasteiger partial charge in [0.15, 0.2) is 0 Å². The zero-order chi connectivity index (χ0) is 13.0. The second-order valence-corrected chi connectivity index (χ2v) is 4.42. The van der Waals surface area contributed by atoms with E-state index in [2.05, 4.69) is 27.8 Å². The summed E-state index contributed by atoms with van der Waals surface area (Å²) in [5, 5.41) is 13.9. The van der Waals surface area contributed by atoms with Crippen LogP contribution in [0.1, 0.15) is 25.7 Å². The Labute approximate surface area is 106 Å². The molecule has 1 saturated heterocycles. The van der Waals surface area contributed by atoms with Crippen LogP contribution >= 0.6 is 0 Å². The quantitative estimate of drug-likeness (QED) is 0.705. The summed E-state index contributed by atoms with van der Waals surface area (Å²) in [5.41, 5.74) is 0. The Morgan fingerprint density at radius 1 is 1.50 bits per heavy atom. The average Bonchev–Trinajstić information content (AvgIpc) is 2.92. The van der Waals surface area contributed by atoms with E-state index in [1.165, 1.54) is 0 Å². The standard InChI is InChI=1S/C11H19N5O2/c1-3-5-12-7-9-14-15-11(18-9)13-8-4-6-16(2)10(8)17/h8,12H,3-7H2,1-2H3,(H,13,15). The summed E-state index contributed by atoms with van der Waals surface area (Å²) < 4.78 is 5.41. The number of aromatic nitrogens is 2. The number of hydrogen-bond donors (Lipinski definition) is 2. The van der Waals surface area contributed by atoms with Gasteiger partial charge in [0, 0.05) is 13.6 Å². The Morgan fingerprint density at radius 3 is 3.00 bits per heavy atom. The maximum absolute atomic E-state index is 11.7. The molecule has 2 heterocycles. The minimum absolute atomic E-state index is 0.0684. The van der Waals surface area contributed by atoms with Crippen molar-refractivity contribution in [2.45, 2.75) is 32.4 Å². The molecule has 18 heavy (non-hydrogen) atoms. The van der Waals surface area contributed by atoms with Crippen molar-refractivity contribution in [1.29, 1.82) is 0 Å². The van der Waals surface area contributed by atoms with Gasteiger partial charge in [-0.05, 0) is 19.4 Å². The van der Waals surface area contributed by atoms with E-state index in [4.69, 9.17) is 4.42 Å². The summed E-state index contributed by atoms with van der Waals surface area (Å²) in [6, 6.07) is 0.0730. The van der Waals surface area contributed by atoms with Crippen molar-refractivity contribution in [2.24, 2.45) is 0 Å². The van der Waals surface area contributed by atoms with E-state index in [0.29, 0.717) is 18.5 Å². The van der Waals surface area contributed by atoms with Crippen LogP contribution < -0.4 is 10.6 Å². The lowest BCUT2D eigenvalue weighted by Crippen LogP contribution is -2.31. The second kappa shape index (κ2) is 5.81. The van der Waals surface area contributed by atoms with E-state index in [1.54, 1.807) is 11.9 Å². The monoisotopic (exact) mass is 253 g/mol. The number of nitrogens with one attached hydrogen (secondary N) is 2. The van der Waals surface area contributed by atoms with Crippen LogP contribution in [0.25, 0.3) is 0 Å². The number of amides is 1. The highest BCUT2D eigenvalue weighted by molar-refractivity contribution is 5.85. The van der Waals surface area contributed by atoms with E-state index >= 15 is 0 Å². The lowest BCUT2D eigenvalue weighted by atomic mass is 10.2. The third-order valence-electron chi connectivity index (χ3n) is 2.90. The minimum Gasteiger partial charge on any atom is -0.407 e. The van der Waals surface area contributed by atoms with Gasteiger partial charge >= 0.3 is 6.01 Å². The summed E-state index contributed by atoms with van der Waals surface area (Å²) in [5.74, 6) is 0.601. The van der Waals surface area contributed by atoms with Crippen molar-refractivity contribution < 1.29 is 9.21 Å². The first-order valence-corrected chi connectivity index (χ1v) is 6.25. The predicted octanol–water partition coefficient (Wildman–Crippen LogP) is 0.212. The fourth-order valence-corrected chi connectivity index (χ4v) is 1.86. The van der Waals surface area contributed by atoms with Crippen molar-refractivity contribution in [1.82, 2.24) is 20.4 Å². The van der Waals surface area contributed by atoms with Crippen molar-refractivity contribution in [3.8, 4) is 0 Å². The van der Waals surface area contributed by atoms with Gasteiger partial charge in [0.25, 0.3) is 0 Å². The van der Waals surface area contributed by atoms with Gasteiger partial charge < -0.3 is 20.0 Å². The van der Waals surface area contributed by atoms with Crippen LogP contribution in [0.2, 0.25) is 0 Å². The summed E-state index contributed by atoms with van der Waals surface area (Å²) in [6.45, 7) is 4.32. The number of anilines is 1. The number of likely N-dealkylation sites (tertiary alicyclic amines) is 1. The van der Waals surface area contributed by atoms with Gasteiger partial charge in [0.1, 0.15) is 6.04 Å². The van der Waals surface area contributed by atoms with Crippen LogP contribution in [-0.2, 0) is 11.3 Å². The lowest BCUT2D eigenvalue weighted by molar-refractivity contribution is -0.127. The van der Waals surface area contributed by atoms with Crippen molar-refractivity contribution >= 4 is 11.9 Å². The van der Waals surface area contributed by atoms with E-state index in [1.807, 2.05) is 0 Å². The first-order valence-electron chi connectivity index (χ1n) is 6.25. The Bertz CT molecular complexity index is 406. The highest BCUT2D eigenvalue weighted by Crippen LogP contribution is 2.14. The van der Waals surface area contributed by atoms with Gasteiger partial charge in [-0.1, -0.05) is 12.0 Å². The molecule has 1 aliphatic rings. The molecule has 0 bridgehead atoms. The average molecular weight is 253 g/mol. The van der Waals surface area contributed by atoms with Gasteiger partial charge in [0.05, 0.1) is 6.54 Å². The van der Waals surface area contributed by atoms with Crippen molar-refractivity contribution in [3.05, 3.63) is 5.89 Å². The zero-order valence-electron chi connectivity index (χ0n) is 10.8. The van der Waals surface area contributed by atoms with Crippen molar-refractivity contribution in [3.63, 3.8) is 0 Å². The van der Waals surface area contributed by atoms with Crippen LogP contribution in [0.15, 0.2) is 4.42 Å². The Balaban J connectivity index is 1.85. The maximum Gasteiger partial charge on any atom is 0.316 e. The molecule has 2 N–H and O–H groups in total. The number of rotatable bonds is 6. The predicted molar refractivity (Wildman–Crippen MR) is 66.0 cm³/mol. The molecule has 100 valence electrons. The number of carbonyl (C=O) groups excluding carboxylic acids is 1. The van der Waals surface area contributed by atoms with Crippen LogP contribution in [-0.4, -0.2) is 47.2 Å². The molecule has 1 aliphatic heterocycles. The molecule has 1 amide bonds. The van der Waals surface area contributed by atoms with Gasteiger partial charge in [-0.25, -0.2) is 0 Å². The Kier molecular flexibility index (Phi) is 4.14. The molecule has 7 nitrogen and oxygen atoms in total. The molecule has 1 aromatic rings. The zero-order valence-corrected chi connectivity index (χ0v) is 10.8. The number of likely N-dealkylation sites (N-methyl/N-ethyl adjacent to an activating group) is 1. The highest BCUT2D eigenvalue weighted by atomic mass is 16.4. The van der Waals surface area contributed by atoms with Crippen LogP contribution in [0, 0.1) is 0 Å². The smallest absolute Gasteiger partial charge is 0.316 e. The van der Waals surface area contributed by atoms with Crippen LogP contribution in [0.4, 0.5) is 6.01 Å². The molecule has 0 spiro atoms. The van der Waals surface area contributed by atoms with Gasteiger partial charge in [-0.2, -0.15) is 0 Å². The Hall–Kier alpha value is -1.63. The third kappa shape index (κ3) is 2.98. The summed E-state index contributed by atoms with van der Waals surface area (Å²) in [6.07, 6.45) is 1.82. The molecule has 7 heteroatoms. The topological polar surface area (TPSA) is 83.3 Å². The number of nitrogens with zero attached hydrogens (tertiary/aromatic N) is 3. The second-order valence-electron chi connectivity index (χ2n) is 4.42. The molecule has 0 aromatic carbocycles. The summed E-state index contributed by atoms with van der Waals surface area (Å²) in [4.78, 5) is 13.4. The normalized spacial score (nSPS) is 19.6. The Morgan fingerprint density at radius 2 is 2.33 bits per heavy atom. The van der Waals surface area contributed by atoms with Crippen LogP contribution in [0.3, 0.4) is 0 Å². The fourth-order valence-electron chi connectivity index (χ4n) is 1.86. The first-order chi connectivity index (χ1) is 8.70. The molecular formula is C11H19N5O2. The van der Waals surface area contributed by atoms with E-state index in [9.17, 15) is 4.79 Å². The highest BCUT2D eigenvalue weighted by Gasteiger charge is 2.30.